The Morgan fingerprint density at radius 1 is 1.12 bits per heavy atom. The van der Waals surface area contributed by atoms with Gasteiger partial charge in [-0.25, -0.2) is 0 Å². The molecule has 0 bridgehead atoms. The van der Waals surface area contributed by atoms with Crippen LogP contribution in [0.25, 0.3) is 6.08 Å². The maximum atomic E-state index is 12.4. The molecule has 0 aliphatic carbocycles. The first-order valence-corrected chi connectivity index (χ1v) is 10.8. The van der Waals surface area contributed by atoms with Gasteiger partial charge in [-0.1, -0.05) is 31.2 Å². The van der Waals surface area contributed by atoms with E-state index in [9.17, 15) is 4.79 Å². The molecule has 0 aromatic heterocycles. The third kappa shape index (κ3) is 5.25. The molecular formula is C26H32N2O4. The van der Waals surface area contributed by atoms with Gasteiger partial charge < -0.3 is 24.4 Å². The summed E-state index contributed by atoms with van der Waals surface area (Å²) in [5.41, 5.74) is 4.55. The minimum Gasteiger partial charge on any atom is -0.493 e. The largest absolute Gasteiger partial charge is 0.493 e. The zero-order valence-corrected chi connectivity index (χ0v) is 19.5. The molecule has 1 amide bonds. The number of anilines is 1. The number of hydrogen-bond acceptors (Lipinski definition) is 5. The highest BCUT2D eigenvalue weighted by Gasteiger charge is 2.19. The lowest BCUT2D eigenvalue weighted by Gasteiger charge is -2.27. The summed E-state index contributed by atoms with van der Waals surface area (Å²) in [5.74, 6) is 1.93. The van der Waals surface area contributed by atoms with Gasteiger partial charge in [0.05, 0.1) is 21.3 Å². The average molecular weight is 437 g/mol. The van der Waals surface area contributed by atoms with Crippen LogP contribution in [0.2, 0.25) is 0 Å². The van der Waals surface area contributed by atoms with Crippen molar-refractivity contribution in [1.82, 2.24) is 5.32 Å². The van der Waals surface area contributed by atoms with Crippen molar-refractivity contribution in [2.24, 2.45) is 0 Å². The third-order valence-corrected chi connectivity index (χ3v) is 5.70. The van der Waals surface area contributed by atoms with E-state index < -0.39 is 0 Å². The first-order chi connectivity index (χ1) is 15.5. The van der Waals surface area contributed by atoms with Gasteiger partial charge in [-0.3, -0.25) is 4.79 Å². The topological polar surface area (TPSA) is 60.0 Å². The highest BCUT2D eigenvalue weighted by atomic mass is 16.5. The number of benzene rings is 2. The normalized spacial score (nSPS) is 15.6. The van der Waals surface area contributed by atoms with Crippen molar-refractivity contribution in [3.05, 3.63) is 65.4 Å². The van der Waals surface area contributed by atoms with Crippen molar-refractivity contribution in [2.75, 3.05) is 39.3 Å². The van der Waals surface area contributed by atoms with Crippen molar-refractivity contribution in [3.8, 4) is 17.2 Å². The number of carbonyl (C=O) groups excluding carboxylic acids is 1. The van der Waals surface area contributed by atoms with Crippen molar-refractivity contribution in [2.45, 2.75) is 26.2 Å². The van der Waals surface area contributed by atoms with Crippen molar-refractivity contribution in [1.29, 1.82) is 0 Å². The number of methoxy groups -OCH3 is 3. The van der Waals surface area contributed by atoms with Crippen LogP contribution < -0.4 is 24.4 Å². The SMILES string of the molecule is COc1cc(/C=C/C(=O)NCCN2C(C)=CCC(C)c3ccccc32)cc(OC)c1OC. The predicted molar refractivity (Wildman–Crippen MR) is 129 cm³/mol. The molecule has 2 aromatic carbocycles. The molecule has 0 spiro atoms. The van der Waals surface area contributed by atoms with Crippen LogP contribution >= 0.6 is 0 Å². The summed E-state index contributed by atoms with van der Waals surface area (Å²) in [4.78, 5) is 14.7. The maximum Gasteiger partial charge on any atom is 0.244 e. The second-order valence-electron chi connectivity index (χ2n) is 7.78. The molecule has 0 saturated carbocycles. The molecule has 1 heterocycles. The van der Waals surface area contributed by atoms with Gasteiger partial charge in [-0.05, 0) is 54.7 Å². The summed E-state index contributed by atoms with van der Waals surface area (Å²) >= 11 is 0. The van der Waals surface area contributed by atoms with Gasteiger partial charge in [0.25, 0.3) is 0 Å². The molecule has 170 valence electrons. The van der Waals surface area contributed by atoms with E-state index in [1.54, 1.807) is 39.5 Å². The summed E-state index contributed by atoms with van der Waals surface area (Å²) in [6.07, 6.45) is 6.54. The molecule has 0 radical (unpaired) electrons. The standard InChI is InChI=1S/C26H32N2O4/c1-18-10-11-19(2)28(22-9-7-6-8-21(18)22)15-14-27-25(29)13-12-20-16-23(30-3)26(32-5)24(17-20)31-4/h6-9,11-13,16-18H,10,14-15H2,1-5H3,(H,27,29)/b13-12+. The molecule has 0 saturated heterocycles. The Hall–Kier alpha value is -3.41. The molecule has 3 rings (SSSR count). The van der Waals surface area contributed by atoms with Crippen LogP contribution in [0.1, 0.15) is 37.3 Å². The lowest BCUT2D eigenvalue weighted by Crippen LogP contribution is -2.33. The lowest BCUT2D eigenvalue weighted by molar-refractivity contribution is -0.116. The first-order valence-electron chi connectivity index (χ1n) is 10.8. The highest BCUT2D eigenvalue weighted by Crippen LogP contribution is 2.38. The zero-order chi connectivity index (χ0) is 23.1. The quantitative estimate of drug-likeness (QED) is 0.605. The maximum absolute atomic E-state index is 12.4. The average Bonchev–Trinajstić information content (AvgIpc) is 2.93. The molecule has 0 fully saturated rings. The van der Waals surface area contributed by atoms with E-state index >= 15 is 0 Å². The second-order valence-corrected chi connectivity index (χ2v) is 7.78. The number of allylic oxidation sites excluding steroid dienone is 2. The Morgan fingerprint density at radius 2 is 1.81 bits per heavy atom. The number of hydrogen-bond donors (Lipinski definition) is 1. The lowest BCUT2D eigenvalue weighted by atomic mass is 9.97. The Balaban J connectivity index is 1.64. The smallest absolute Gasteiger partial charge is 0.244 e. The fraction of sp³-hybridized carbons (Fsp3) is 0.346. The highest BCUT2D eigenvalue weighted by molar-refractivity contribution is 5.92. The van der Waals surface area contributed by atoms with Crippen LogP contribution in [-0.2, 0) is 4.79 Å². The van der Waals surface area contributed by atoms with E-state index in [0.717, 1.165) is 12.0 Å². The van der Waals surface area contributed by atoms with E-state index in [-0.39, 0.29) is 5.91 Å². The fourth-order valence-electron chi connectivity index (χ4n) is 3.94. The van der Waals surface area contributed by atoms with E-state index in [1.807, 2.05) is 0 Å². The number of para-hydroxylation sites is 1. The minimum absolute atomic E-state index is 0.156. The summed E-state index contributed by atoms with van der Waals surface area (Å²) in [6, 6.07) is 12.1. The molecule has 1 aliphatic rings. The number of carbonyl (C=O) groups is 1. The van der Waals surface area contributed by atoms with Crippen molar-refractivity contribution < 1.29 is 19.0 Å². The number of ether oxygens (including phenoxy) is 3. The van der Waals surface area contributed by atoms with E-state index in [4.69, 9.17) is 14.2 Å². The van der Waals surface area contributed by atoms with Gasteiger partial charge in [0.15, 0.2) is 11.5 Å². The summed E-state index contributed by atoms with van der Waals surface area (Å²) in [7, 11) is 4.69. The van der Waals surface area contributed by atoms with Crippen LogP contribution in [0.15, 0.2) is 54.2 Å². The predicted octanol–water partition coefficient (Wildman–Crippen LogP) is 4.76. The van der Waals surface area contributed by atoms with Crippen molar-refractivity contribution in [3.63, 3.8) is 0 Å². The minimum atomic E-state index is -0.156. The summed E-state index contributed by atoms with van der Waals surface area (Å²) in [6.45, 7) is 5.62. The van der Waals surface area contributed by atoms with Gasteiger partial charge in [-0.2, -0.15) is 0 Å². The van der Waals surface area contributed by atoms with Gasteiger partial charge in [0, 0.05) is 30.5 Å². The Kier molecular flexibility index (Phi) is 7.82. The van der Waals surface area contributed by atoms with Crippen LogP contribution in [0.5, 0.6) is 17.2 Å². The molecular weight excluding hydrogens is 404 g/mol. The molecule has 6 nitrogen and oxygen atoms in total. The van der Waals surface area contributed by atoms with E-state index in [1.165, 1.54) is 23.0 Å². The molecule has 6 heteroatoms. The Bertz CT molecular complexity index is 988. The molecule has 1 atom stereocenters. The molecule has 32 heavy (non-hydrogen) atoms. The van der Waals surface area contributed by atoms with Crippen molar-refractivity contribution >= 4 is 17.7 Å². The van der Waals surface area contributed by atoms with Gasteiger partial charge in [-0.15, -0.1) is 0 Å². The van der Waals surface area contributed by atoms with E-state index in [0.29, 0.717) is 36.3 Å². The number of amides is 1. The van der Waals surface area contributed by atoms with E-state index in [2.05, 4.69) is 54.4 Å². The first kappa shape index (κ1) is 23.3. The monoisotopic (exact) mass is 436 g/mol. The molecule has 1 unspecified atom stereocenters. The van der Waals surface area contributed by atoms with Gasteiger partial charge in [0.1, 0.15) is 0 Å². The molecule has 1 aliphatic heterocycles. The van der Waals surface area contributed by atoms with Crippen LogP contribution in [0.3, 0.4) is 0 Å². The van der Waals surface area contributed by atoms with Crippen LogP contribution in [0, 0.1) is 0 Å². The number of rotatable bonds is 8. The Morgan fingerprint density at radius 3 is 2.47 bits per heavy atom. The number of fused-ring (bicyclic) bond motifs is 1. The summed E-state index contributed by atoms with van der Waals surface area (Å²) < 4.78 is 16.1. The number of nitrogens with zero attached hydrogens (tertiary/aromatic N) is 1. The van der Waals surface area contributed by atoms with Gasteiger partial charge >= 0.3 is 0 Å². The fourth-order valence-corrected chi connectivity index (χ4v) is 3.94. The third-order valence-electron chi connectivity index (χ3n) is 5.70. The second kappa shape index (κ2) is 10.8. The molecule has 2 aromatic rings. The Labute approximate surface area is 190 Å². The molecule has 1 N–H and O–H groups in total. The van der Waals surface area contributed by atoms with Gasteiger partial charge in [0.2, 0.25) is 11.7 Å². The number of nitrogens with one attached hydrogen (secondary N) is 1. The van der Waals surface area contributed by atoms with Crippen LogP contribution in [-0.4, -0.2) is 40.3 Å². The summed E-state index contributed by atoms with van der Waals surface area (Å²) in [5, 5.41) is 2.98. The zero-order valence-electron chi connectivity index (χ0n) is 19.5. The van der Waals surface area contributed by atoms with Crippen LogP contribution in [0.4, 0.5) is 5.69 Å².